The summed E-state index contributed by atoms with van der Waals surface area (Å²) in [4.78, 5) is 0. The molecule has 7 heteroatoms. The van der Waals surface area contributed by atoms with E-state index in [9.17, 15) is 13.5 Å². The maximum Gasteiger partial charge on any atom is 0.252 e. The Kier molecular flexibility index (Phi) is 5.42. The minimum absolute atomic E-state index is 0.0341. The molecule has 1 N–H and O–H groups in total. The van der Waals surface area contributed by atoms with Crippen molar-refractivity contribution in [1.82, 2.24) is 4.31 Å². The fourth-order valence-corrected chi connectivity index (χ4v) is 6.33. The summed E-state index contributed by atoms with van der Waals surface area (Å²) in [7, 11) is -3.48. The van der Waals surface area contributed by atoms with Crippen LogP contribution in [0.3, 0.4) is 0 Å². The highest BCUT2D eigenvalue weighted by Crippen LogP contribution is 2.32. The van der Waals surface area contributed by atoms with Gasteiger partial charge in [-0.2, -0.15) is 4.31 Å². The molecule has 1 aliphatic rings. The van der Waals surface area contributed by atoms with E-state index in [4.69, 9.17) is 0 Å². The number of rotatable bonds is 5. The lowest BCUT2D eigenvalue weighted by atomic mass is 9.95. The summed E-state index contributed by atoms with van der Waals surface area (Å²) in [6.07, 6.45) is 5.10. The van der Waals surface area contributed by atoms with Crippen LogP contribution in [-0.4, -0.2) is 37.0 Å². The third-order valence-corrected chi connectivity index (χ3v) is 7.46. The number of sulfonamides is 1. The van der Waals surface area contributed by atoms with Crippen molar-refractivity contribution in [3.05, 3.63) is 15.9 Å². The zero-order valence-corrected chi connectivity index (χ0v) is 13.8. The molecule has 0 radical (unpaired) electrons. The minimum atomic E-state index is -3.48. The first-order valence-corrected chi connectivity index (χ1v) is 9.48. The predicted octanol–water partition coefficient (Wildman–Crippen LogP) is 2.83. The van der Waals surface area contributed by atoms with Crippen molar-refractivity contribution in [1.29, 1.82) is 0 Å². The van der Waals surface area contributed by atoms with Crippen LogP contribution in [0.4, 0.5) is 0 Å². The van der Waals surface area contributed by atoms with Crippen LogP contribution in [0, 0.1) is 0 Å². The highest BCUT2D eigenvalue weighted by molar-refractivity contribution is 9.11. The van der Waals surface area contributed by atoms with Gasteiger partial charge in [-0.05, 0) is 40.9 Å². The van der Waals surface area contributed by atoms with Gasteiger partial charge in [-0.1, -0.05) is 19.3 Å². The molecule has 1 saturated carbocycles. The monoisotopic (exact) mass is 367 g/mol. The van der Waals surface area contributed by atoms with E-state index >= 15 is 0 Å². The summed E-state index contributed by atoms with van der Waals surface area (Å²) >= 11 is 4.51. The molecule has 2 rings (SSSR count). The van der Waals surface area contributed by atoms with Crippen LogP contribution in [0.15, 0.2) is 20.1 Å². The number of aliphatic hydroxyl groups excluding tert-OH is 1. The molecule has 0 saturated heterocycles. The topological polar surface area (TPSA) is 57.6 Å². The summed E-state index contributed by atoms with van der Waals surface area (Å²) in [5, 5.41) is 9.17. The zero-order chi connectivity index (χ0) is 13.9. The lowest BCUT2D eigenvalue weighted by molar-refractivity contribution is 0.199. The maximum absolute atomic E-state index is 12.6. The Morgan fingerprint density at radius 2 is 2.00 bits per heavy atom. The molecule has 0 aromatic carbocycles. The van der Waals surface area contributed by atoms with Gasteiger partial charge in [0.05, 0.1) is 10.4 Å². The van der Waals surface area contributed by atoms with Gasteiger partial charge < -0.3 is 5.11 Å². The zero-order valence-electron chi connectivity index (χ0n) is 10.6. The molecular formula is C12H18BrNO3S2. The van der Waals surface area contributed by atoms with Crippen molar-refractivity contribution in [2.45, 2.75) is 42.4 Å². The Morgan fingerprint density at radius 1 is 1.32 bits per heavy atom. The Morgan fingerprint density at radius 3 is 2.53 bits per heavy atom. The molecular weight excluding hydrogens is 350 g/mol. The predicted molar refractivity (Wildman–Crippen MR) is 79.9 cm³/mol. The first kappa shape index (κ1) is 15.4. The second-order valence-corrected chi connectivity index (χ2v) is 9.27. The van der Waals surface area contributed by atoms with Crippen molar-refractivity contribution in [2.75, 3.05) is 13.2 Å². The second kappa shape index (κ2) is 6.67. The highest BCUT2D eigenvalue weighted by Gasteiger charge is 2.32. The van der Waals surface area contributed by atoms with Gasteiger partial charge in [-0.25, -0.2) is 8.42 Å². The largest absolute Gasteiger partial charge is 0.395 e. The van der Waals surface area contributed by atoms with Gasteiger partial charge in [0.1, 0.15) is 4.21 Å². The summed E-state index contributed by atoms with van der Waals surface area (Å²) in [6, 6.07) is 3.40. The summed E-state index contributed by atoms with van der Waals surface area (Å²) in [5.74, 6) is 0. The van der Waals surface area contributed by atoms with Crippen molar-refractivity contribution >= 4 is 37.3 Å². The average molecular weight is 368 g/mol. The Balaban J connectivity index is 2.26. The quantitative estimate of drug-likeness (QED) is 0.870. The van der Waals surface area contributed by atoms with Gasteiger partial charge in [-0.3, -0.25) is 0 Å². The number of aliphatic hydroxyl groups is 1. The lowest BCUT2D eigenvalue weighted by Crippen LogP contribution is -2.42. The third kappa shape index (κ3) is 3.58. The number of hydrogen-bond donors (Lipinski definition) is 1. The molecule has 0 amide bonds. The molecule has 0 unspecified atom stereocenters. The van der Waals surface area contributed by atoms with Gasteiger partial charge in [0.15, 0.2) is 0 Å². The second-order valence-electron chi connectivity index (χ2n) is 4.69. The number of halogens is 1. The van der Waals surface area contributed by atoms with E-state index in [1.807, 2.05) is 0 Å². The standard InChI is InChI=1S/C12H18BrNO3S2/c13-11-6-7-12(18-11)19(16,17)14(8-9-15)10-4-2-1-3-5-10/h6-7,10,15H,1-5,8-9H2. The van der Waals surface area contributed by atoms with Crippen molar-refractivity contribution < 1.29 is 13.5 Å². The van der Waals surface area contributed by atoms with Crippen molar-refractivity contribution in [2.24, 2.45) is 0 Å². The van der Waals surface area contributed by atoms with Gasteiger partial charge in [0, 0.05) is 12.6 Å². The average Bonchev–Trinajstić information content (AvgIpc) is 2.84. The number of nitrogens with zero attached hydrogens (tertiary/aromatic N) is 1. The fraction of sp³-hybridized carbons (Fsp3) is 0.667. The molecule has 0 atom stereocenters. The minimum Gasteiger partial charge on any atom is -0.395 e. The first-order chi connectivity index (χ1) is 9.05. The van der Waals surface area contributed by atoms with Crippen LogP contribution in [0.5, 0.6) is 0 Å². The Hall–Kier alpha value is 0.0500. The molecule has 1 aromatic heterocycles. The Labute approximate surface area is 126 Å². The van der Waals surface area contributed by atoms with Gasteiger partial charge >= 0.3 is 0 Å². The maximum atomic E-state index is 12.6. The van der Waals surface area contributed by atoms with E-state index in [1.165, 1.54) is 22.1 Å². The molecule has 1 aromatic rings. The molecule has 1 heterocycles. The Bertz CT molecular complexity index is 509. The van der Waals surface area contributed by atoms with Gasteiger partial charge in [0.25, 0.3) is 10.0 Å². The SMILES string of the molecule is O=S(=O)(c1ccc(Br)s1)N(CCO)C1CCCCC1. The van der Waals surface area contributed by atoms with Crippen LogP contribution >= 0.6 is 27.3 Å². The summed E-state index contributed by atoms with van der Waals surface area (Å²) < 4.78 is 27.9. The molecule has 4 nitrogen and oxygen atoms in total. The molecule has 0 spiro atoms. The van der Waals surface area contributed by atoms with Crippen molar-refractivity contribution in [3.8, 4) is 0 Å². The normalized spacial score (nSPS) is 18.1. The number of thiophene rings is 1. The van der Waals surface area contributed by atoms with E-state index in [1.54, 1.807) is 12.1 Å². The summed E-state index contributed by atoms with van der Waals surface area (Å²) in [5.41, 5.74) is 0. The van der Waals surface area contributed by atoms with Crippen LogP contribution < -0.4 is 0 Å². The molecule has 1 aliphatic carbocycles. The number of hydrogen-bond acceptors (Lipinski definition) is 4. The van der Waals surface area contributed by atoms with Gasteiger partial charge in [0.2, 0.25) is 0 Å². The smallest absolute Gasteiger partial charge is 0.252 e. The molecule has 108 valence electrons. The molecule has 19 heavy (non-hydrogen) atoms. The lowest BCUT2D eigenvalue weighted by Gasteiger charge is -2.32. The van der Waals surface area contributed by atoms with Crippen LogP contribution in [-0.2, 0) is 10.0 Å². The van der Waals surface area contributed by atoms with Crippen molar-refractivity contribution in [3.63, 3.8) is 0 Å². The first-order valence-electron chi connectivity index (χ1n) is 6.44. The molecule has 0 aliphatic heterocycles. The summed E-state index contributed by atoms with van der Waals surface area (Å²) in [6.45, 7) is 0.0464. The van der Waals surface area contributed by atoms with E-state index < -0.39 is 10.0 Å². The van der Waals surface area contributed by atoms with Gasteiger partial charge in [-0.15, -0.1) is 11.3 Å². The van der Waals surface area contributed by atoms with E-state index in [2.05, 4.69) is 15.9 Å². The fourth-order valence-electron chi connectivity index (χ4n) is 2.52. The van der Waals surface area contributed by atoms with Crippen LogP contribution in [0.2, 0.25) is 0 Å². The van der Waals surface area contributed by atoms with Crippen LogP contribution in [0.1, 0.15) is 32.1 Å². The van der Waals surface area contributed by atoms with Crippen LogP contribution in [0.25, 0.3) is 0 Å². The molecule has 1 fully saturated rings. The van der Waals surface area contributed by atoms with E-state index in [0.29, 0.717) is 4.21 Å². The van der Waals surface area contributed by atoms with E-state index in [-0.39, 0.29) is 19.2 Å². The molecule has 0 bridgehead atoms. The van der Waals surface area contributed by atoms with E-state index in [0.717, 1.165) is 29.5 Å². The highest BCUT2D eigenvalue weighted by atomic mass is 79.9. The third-order valence-electron chi connectivity index (χ3n) is 3.41.